The second kappa shape index (κ2) is 7.93. The van der Waals surface area contributed by atoms with Crippen LogP contribution >= 0.6 is 11.8 Å². The summed E-state index contributed by atoms with van der Waals surface area (Å²) in [5.41, 5.74) is 5.26. The van der Waals surface area contributed by atoms with Crippen molar-refractivity contribution in [3.8, 4) is 0 Å². The first-order valence-corrected chi connectivity index (χ1v) is 6.41. The van der Waals surface area contributed by atoms with Gasteiger partial charge in [-0.15, -0.1) is 11.8 Å². The van der Waals surface area contributed by atoms with E-state index in [1.807, 2.05) is 0 Å². The Morgan fingerprint density at radius 1 is 1.22 bits per heavy atom. The van der Waals surface area contributed by atoms with Gasteiger partial charge in [0.05, 0.1) is 0 Å². The largest absolute Gasteiger partial charge is 0.480 e. The highest BCUT2D eigenvalue weighted by atomic mass is 32.2. The number of amides is 1. The molecule has 0 rings (SSSR count). The van der Waals surface area contributed by atoms with Crippen LogP contribution in [0.1, 0.15) is 20.3 Å². The molecule has 2 unspecified atom stereocenters. The molecule has 0 aromatic rings. The maximum Gasteiger partial charge on any atom is 0.321 e. The lowest BCUT2D eigenvalue weighted by Crippen LogP contribution is -2.36. The van der Waals surface area contributed by atoms with E-state index in [9.17, 15) is 14.4 Å². The minimum absolute atomic E-state index is 0.0543. The zero-order valence-corrected chi connectivity index (χ0v) is 11.1. The average Bonchev–Trinajstić information content (AvgIpc) is 2.21. The molecule has 0 aliphatic heterocycles. The number of rotatable bonds is 8. The first-order chi connectivity index (χ1) is 8.23. The van der Waals surface area contributed by atoms with Crippen molar-refractivity contribution in [1.82, 2.24) is 5.32 Å². The number of carboxylic acids is 2. The summed E-state index contributed by atoms with van der Waals surface area (Å²) in [6, 6.07) is -1.21. The molecule has 7 nitrogen and oxygen atoms in total. The fourth-order valence-electron chi connectivity index (χ4n) is 1.06. The van der Waals surface area contributed by atoms with Gasteiger partial charge in [-0.3, -0.25) is 14.4 Å². The number of hydrogen-bond acceptors (Lipinski definition) is 5. The van der Waals surface area contributed by atoms with Crippen LogP contribution in [0.4, 0.5) is 0 Å². The summed E-state index contributed by atoms with van der Waals surface area (Å²) < 4.78 is 0. The van der Waals surface area contributed by atoms with E-state index < -0.39 is 23.2 Å². The Balaban J connectivity index is 4.28. The molecule has 104 valence electrons. The lowest BCUT2D eigenvalue weighted by molar-refractivity contribution is -0.139. The van der Waals surface area contributed by atoms with Crippen LogP contribution in [0.25, 0.3) is 0 Å². The number of hydrogen-bond donors (Lipinski definition) is 4. The van der Waals surface area contributed by atoms with Gasteiger partial charge in [-0.1, -0.05) is 0 Å². The molecular formula is C10H18N2O5S. The number of aliphatic carboxylic acids is 2. The Hall–Kier alpha value is -1.28. The van der Waals surface area contributed by atoms with Crippen molar-refractivity contribution < 1.29 is 24.6 Å². The highest BCUT2D eigenvalue weighted by Crippen LogP contribution is 2.16. The number of carboxylic acid groups (broad SMARTS) is 2. The van der Waals surface area contributed by atoms with Crippen LogP contribution in [0.15, 0.2) is 0 Å². The van der Waals surface area contributed by atoms with Crippen molar-refractivity contribution in [3.63, 3.8) is 0 Å². The van der Waals surface area contributed by atoms with Crippen molar-refractivity contribution in [3.05, 3.63) is 0 Å². The summed E-state index contributed by atoms with van der Waals surface area (Å²) in [4.78, 5) is 32.8. The predicted molar refractivity (Wildman–Crippen MR) is 67.4 cm³/mol. The zero-order valence-electron chi connectivity index (χ0n) is 10.3. The molecule has 1 amide bonds. The Morgan fingerprint density at radius 2 is 1.78 bits per heavy atom. The molecule has 5 N–H and O–H groups in total. The Labute approximate surface area is 109 Å². The van der Waals surface area contributed by atoms with Crippen LogP contribution in [-0.4, -0.2) is 51.1 Å². The minimum Gasteiger partial charge on any atom is -0.480 e. The SMILES string of the molecule is CC(C)NC(=O)CC(SCC(N)C(=O)O)C(=O)O. The molecular weight excluding hydrogens is 260 g/mol. The second-order valence-corrected chi connectivity index (χ2v) is 5.27. The van der Waals surface area contributed by atoms with Crippen LogP contribution < -0.4 is 11.1 Å². The van der Waals surface area contributed by atoms with Crippen molar-refractivity contribution in [2.45, 2.75) is 37.6 Å². The first kappa shape index (κ1) is 16.7. The molecule has 0 aromatic carbocycles. The summed E-state index contributed by atoms with van der Waals surface area (Å²) in [7, 11) is 0. The van der Waals surface area contributed by atoms with Crippen LogP contribution in [0.2, 0.25) is 0 Å². The number of carbonyl (C=O) groups is 3. The molecule has 0 bridgehead atoms. The van der Waals surface area contributed by atoms with Gasteiger partial charge < -0.3 is 21.3 Å². The van der Waals surface area contributed by atoms with Gasteiger partial charge in [0, 0.05) is 18.2 Å². The zero-order chi connectivity index (χ0) is 14.3. The fraction of sp³-hybridized carbons (Fsp3) is 0.700. The van der Waals surface area contributed by atoms with Crippen molar-refractivity contribution in [2.75, 3.05) is 5.75 Å². The lowest BCUT2D eigenvalue weighted by Gasteiger charge is -2.14. The molecule has 0 saturated heterocycles. The molecule has 0 spiro atoms. The summed E-state index contributed by atoms with van der Waals surface area (Å²) in [5, 5.41) is 19.1. The van der Waals surface area contributed by atoms with E-state index in [1.165, 1.54) is 0 Å². The highest BCUT2D eigenvalue weighted by Gasteiger charge is 2.24. The van der Waals surface area contributed by atoms with E-state index in [-0.39, 0.29) is 24.1 Å². The Kier molecular flexibility index (Phi) is 7.37. The van der Waals surface area contributed by atoms with Gasteiger partial charge in [-0.2, -0.15) is 0 Å². The third-order valence-electron chi connectivity index (χ3n) is 1.89. The predicted octanol–water partition coefficient (Wildman–Crippen LogP) is -0.501. The van der Waals surface area contributed by atoms with E-state index in [0.29, 0.717) is 0 Å². The van der Waals surface area contributed by atoms with Crippen LogP contribution in [0.3, 0.4) is 0 Å². The van der Waals surface area contributed by atoms with Gasteiger partial charge >= 0.3 is 11.9 Å². The van der Waals surface area contributed by atoms with E-state index in [1.54, 1.807) is 13.8 Å². The summed E-state index contributed by atoms with van der Waals surface area (Å²) in [6.07, 6.45) is -0.204. The molecule has 18 heavy (non-hydrogen) atoms. The monoisotopic (exact) mass is 278 g/mol. The molecule has 8 heteroatoms. The molecule has 0 aromatic heterocycles. The summed E-state index contributed by atoms with van der Waals surface area (Å²) in [6.45, 7) is 3.53. The first-order valence-electron chi connectivity index (χ1n) is 5.36. The average molecular weight is 278 g/mol. The number of carbonyl (C=O) groups excluding carboxylic acids is 1. The van der Waals surface area contributed by atoms with E-state index in [0.717, 1.165) is 11.8 Å². The number of thioether (sulfide) groups is 1. The van der Waals surface area contributed by atoms with Gasteiger partial charge in [0.1, 0.15) is 11.3 Å². The Bertz CT molecular complexity index is 321. The van der Waals surface area contributed by atoms with Crippen LogP contribution in [-0.2, 0) is 14.4 Å². The molecule has 0 fully saturated rings. The van der Waals surface area contributed by atoms with Crippen LogP contribution in [0, 0.1) is 0 Å². The molecule has 0 aliphatic rings. The van der Waals surface area contributed by atoms with Gasteiger partial charge in [-0.05, 0) is 13.8 Å². The third kappa shape index (κ3) is 7.13. The van der Waals surface area contributed by atoms with E-state index in [2.05, 4.69) is 5.32 Å². The van der Waals surface area contributed by atoms with Crippen LogP contribution in [0.5, 0.6) is 0 Å². The number of nitrogens with one attached hydrogen (secondary N) is 1. The van der Waals surface area contributed by atoms with Gasteiger partial charge in [0.15, 0.2) is 0 Å². The normalized spacial score (nSPS) is 14.0. The van der Waals surface area contributed by atoms with Gasteiger partial charge in [0.2, 0.25) is 5.91 Å². The van der Waals surface area contributed by atoms with Crippen molar-refractivity contribution >= 4 is 29.6 Å². The maximum atomic E-state index is 11.4. The molecule has 2 atom stereocenters. The highest BCUT2D eigenvalue weighted by molar-refractivity contribution is 8.00. The molecule has 0 aliphatic carbocycles. The Morgan fingerprint density at radius 3 is 2.17 bits per heavy atom. The summed E-state index contributed by atoms with van der Waals surface area (Å²) >= 11 is 0.855. The second-order valence-electron chi connectivity index (χ2n) is 4.03. The smallest absolute Gasteiger partial charge is 0.321 e. The minimum atomic E-state index is -1.20. The van der Waals surface area contributed by atoms with Crippen molar-refractivity contribution in [2.24, 2.45) is 5.73 Å². The standard InChI is InChI=1S/C10H18N2O5S/c1-5(2)12-8(13)3-7(10(16)17)18-4-6(11)9(14)15/h5-7H,3-4,11H2,1-2H3,(H,12,13)(H,14,15)(H,16,17). The quantitative estimate of drug-likeness (QED) is 0.471. The maximum absolute atomic E-state index is 11.4. The van der Waals surface area contributed by atoms with E-state index >= 15 is 0 Å². The molecule has 0 saturated carbocycles. The lowest BCUT2D eigenvalue weighted by atomic mass is 10.2. The molecule has 0 heterocycles. The topological polar surface area (TPSA) is 130 Å². The van der Waals surface area contributed by atoms with Gasteiger partial charge in [0.25, 0.3) is 0 Å². The molecule has 0 radical (unpaired) electrons. The third-order valence-corrected chi connectivity index (χ3v) is 3.21. The fourth-order valence-corrected chi connectivity index (χ4v) is 2.05. The summed E-state index contributed by atoms with van der Waals surface area (Å²) in [5.74, 6) is -2.79. The van der Waals surface area contributed by atoms with E-state index in [4.69, 9.17) is 15.9 Å². The van der Waals surface area contributed by atoms with Crippen molar-refractivity contribution in [1.29, 1.82) is 0 Å². The number of nitrogens with two attached hydrogens (primary N) is 1. The van der Waals surface area contributed by atoms with Gasteiger partial charge in [-0.25, -0.2) is 0 Å².